The topological polar surface area (TPSA) is 61.4 Å². The number of carbonyl (C=O) groups excluding carboxylic acids is 1. The number of rotatable bonds is 5. The molecular formula is C12H16BrClN2O2. The van der Waals surface area contributed by atoms with E-state index in [1.54, 1.807) is 18.2 Å². The first-order chi connectivity index (χ1) is 8.58. The molecule has 100 valence electrons. The van der Waals surface area contributed by atoms with Crippen molar-refractivity contribution in [3.8, 4) is 0 Å². The molecular weight excluding hydrogens is 320 g/mol. The lowest BCUT2D eigenvalue weighted by Crippen LogP contribution is -2.38. The van der Waals surface area contributed by atoms with Crippen LogP contribution in [0.2, 0.25) is 5.02 Å². The Balaban J connectivity index is 2.61. The van der Waals surface area contributed by atoms with E-state index in [-0.39, 0.29) is 18.7 Å². The molecule has 1 aromatic carbocycles. The lowest BCUT2D eigenvalue weighted by Gasteiger charge is -2.16. The third-order valence-electron chi connectivity index (χ3n) is 2.51. The average Bonchev–Trinajstić information content (AvgIpc) is 2.34. The molecule has 6 heteroatoms. The lowest BCUT2D eigenvalue weighted by molar-refractivity contribution is 0.237. The first-order valence-electron chi connectivity index (χ1n) is 5.70. The predicted molar refractivity (Wildman–Crippen MR) is 77.1 cm³/mol. The summed E-state index contributed by atoms with van der Waals surface area (Å²) in [4.78, 5) is 11.8. The van der Waals surface area contributed by atoms with E-state index < -0.39 is 0 Å². The Hall–Kier alpha value is -0.780. The molecule has 1 rings (SSSR count). The third-order valence-corrected chi connectivity index (χ3v) is 3.90. The number of benzene rings is 1. The van der Waals surface area contributed by atoms with Gasteiger partial charge in [0.1, 0.15) is 0 Å². The summed E-state index contributed by atoms with van der Waals surface area (Å²) in [6.07, 6.45) is 1.31. The minimum atomic E-state index is -0.307. The maximum absolute atomic E-state index is 11.8. The van der Waals surface area contributed by atoms with Gasteiger partial charge in [-0.25, -0.2) is 4.79 Å². The summed E-state index contributed by atoms with van der Waals surface area (Å²) < 4.78 is 0.650. The second-order valence-electron chi connectivity index (χ2n) is 3.82. The van der Waals surface area contributed by atoms with Crippen molar-refractivity contribution in [1.29, 1.82) is 0 Å². The van der Waals surface area contributed by atoms with Gasteiger partial charge in [0.25, 0.3) is 0 Å². The van der Waals surface area contributed by atoms with E-state index in [1.807, 2.05) is 6.92 Å². The van der Waals surface area contributed by atoms with Crippen LogP contribution in [-0.2, 0) is 0 Å². The number of aliphatic hydroxyl groups is 1. The Morgan fingerprint density at radius 2 is 2.28 bits per heavy atom. The quantitative estimate of drug-likeness (QED) is 0.772. The van der Waals surface area contributed by atoms with Gasteiger partial charge in [0.05, 0.1) is 15.2 Å². The van der Waals surface area contributed by atoms with E-state index in [0.29, 0.717) is 21.6 Å². The number of aliphatic hydroxyl groups excluding tert-OH is 1. The van der Waals surface area contributed by atoms with Crippen LogP contribution in [-0.4, -0.2) is 23.8 Å². The van der Waals surface area contributed by atoms with Crippen LogP contribution in [0.3, 0.4) is 0 Å². The van der Waals surface area contributed by atoms with Crippen molar-refractivity contribution in [2.75, 3.05) is 11.9 Å². The molecule has 0 radical (unpaired) electrons. The van der Waals surface area contributed by atoms with E-state index in [9.17, 15) is 4.79 Å². The highest BCUT2D eigenvalue weighted by molar-refractivity contribution is 9.10. The second kappa shape index (κ2) is 7.61. The Labute approximate surface area is 120 Å². The molecule has 2 amide bonds. The molecule has 0 saturated heterocycles. The molecule has 0 unspecified atom stereocenters. The minimum absolute atomic E-state index is 0.0343. The van der Waals surface area contributed by atoms with E-state index >= 15 is 0 Å². The van der Waals surface area contributed by atoms with Gasteiger partial charge in [0, 0.05) is 12.6 Å². The number of amides is 2. The van der Waals surface area contributed by atoms with Gasteiger partial charge in [-0.3, -0.25) is 0 Å². The van der Waals surface area contributed by atoms with E-state index in [4.69, 9.17) is 16.7 Å². The number of urea groups is 1. The zero-order chi connectivity index (χ0) is 13.5. The van der Waals surface area contributed by atoms with Gasteiger partial charge >= 0.3 is 6.03 Å². The summed E-state index contributed by atoms with van der Waals surface area (Å²) >= 11 is 9.24. The Morgan fingerprint density at radius 3 is 2.89 bits per heavy atom. The van der Waals surface area contributed by atoms with Gasteiger partial charge in [-0.15, -0.1) is 0 Å². The van der Waals surface area contributed by atoms with E-state index in [1.165, 1.54) is 0 Å². The fourth-order valence-corrected chi connectivity index (χ4v) is 2.02. The molecule has 0 saturated carbocycles. The average molecular weight is 336 g/mol. The molecule has 0 aliphatic rings. The highest BCUT2D eigenvalue weighted by atomic mass is 79.9. The van der Waals surface area contributed by atoms with Crippen LogP contribution in [0.1, 0.15) is 19.8 Å². The maximum Gasteiger partial charge on any atom is 0.319 e. The van der Waals surface area contributed by atoms with E-state index in [0.717, 1.165) is 6.42 Å². The highest BCUT2D eigenvalue weighted by Gasteiger charge is 2.11. The number of hydrogen-bond acceptors (Lipinski definition) is 2. The second-order valence-corrected chi connectivity index (χ2v) is 5.02. The maximum atomic E-state index is 11.8. The number of nitrogens with one attached hydrogen (secondary N) is 2. The van der Waals surface area contributed by atoms with Crippen molar-refractivity contribution in [3.63, 3.8) is 0 Å². The molecule has 0 aliphatic heterocycles. The van der Waals surface area contributed by atoms with Crippen LogP contribution in [0.25, 0.3) is 0 Å². The van der Waals surface area contributed by atoms with Gasteiger partial charge in [0.15, 0.2) is 0 Å². The largest absolute Gasteiger partial charge is 0.396 e. The summed E-state index contributed by atoms with van der Waals surface area (Å²) in [7, 11) is 0. The van der Waals surface area contributed by atoms with Crippen molar-refractivity contribution in [3.05, 3.63) is 27.7 Å². The lowest BCUT2D eigenvalue weighted by atomic mass is 10.2. The smallest absolute Gasteiger partial charge is 0.319 e. The van der Waals surface area contributed by atoms with Crippen LogP contribution in [0, 0.1) is 0 Å². The molecule has 0 bridgehead atoms. The van der Waals surface area contributed by atoms with Crippen molar-refractivity contribution >= 4 is 39.2 Å². The fourth-order valence-electron chi connectivity index (χ4n) is 1.48. The number of hydrogen-bond donors (Lipinski definition) is 3. The Bertz CT molecular complexity index is 415. The zero-order valence-electron chi connectivity index (χ0n) is 10.0. The molecule has 4 nitrogen and oxygen atoms in total. The highest BCUT2D eigenvalue weighted by Crippen LogP contribution is 2.29. The number of anilines is 1. The Morgan fingerprint density at radius 1 is 1.56 bits per heavy atom. The first-order valence-corrected chi connectivity index (χ1v) is 6.88. The Kier molecular flexibility index (Phi) is 6.46. The van der Waals surface area contributed by atoms with Gasteiger partial charge in [-0.1, -0.05) is 24.6 Å². The van der Waals surface area contributed by atoms with Gasteiger partial charge in [-0.05, 0) is 40.9 Å². The molecule has 0 heterocycles. The molecule has 0 aliphatic carbocycles. The van der Waals surface area contributed by atoms with Crippen molar-refractivity contribution < 1.29 is 9.90 Å². The van der Waals surface area contributed by atoms with Crippen LogP contribution in [0.15, 0.2) is 22.7 Å². The summed E-state index contributed by atoms with van der Waals surface area (Å²) in [6, 6.07) is 4.90. The standard InChI is InChI=1S/C12H16BrClN2O2/c1-2-8(6-7-17)15-12(18)16-10-5-3-4-9(14)11(10)13/h3-5,8,17H,2,6-7H2,1H3,(H2,15,16,18)/t8-/m1/s1. The normalized spacial score (nSPS) is 12.0. The summed E-state index contributed by atoms with van der Waals surface area (Å²) in [6.45, 7) is 2.01. The summed E-state index contributed by atoms with van der Waals surface area (Å²) in [5.74, 6) is 0. The zero-order valence-corrected chi connectivity index (χ0v) is 12.4. The minimum Gasteiger partial charge on any atom is -0.396 e. The fraction of sp³-hybridized carbons (Fsp3) is 0.417. The van der Waals surface area contributed by atoms with E-state index in [2.05, 4.69) is 26.6 Å². The monoisotopic (exact) mass is 334 g/mol. The molecule has 0 fully saturated rings. The first kappa shape index (κ1) is 15.3. The van der Waals surface area contributed by atoms with Crippen molar-refractivity contribution in [2.45, 2.75) is 25.8 Å². The van der Waals surface area contributed by atoms with Crippen LogP contribution in [0.4, 0.5) is 10.5 Å². The van der Waals surface area contributed by atoms with Gasteiger partial charge in [-0.2, -0.15) is 0 Å². The third kappa shape index (κ3) is 4.48. The summed E-state index contributed by atoms with van der Waals surface area (Å²) in [5, 5.41) is 14.9. The molecule has 3 N–H and O–H groups in total. The molecule has 1 aromatic rings. The molecule has 18 heavy (non-hydrogen) atoms. The van der Waals surface area contributed by atoms with Gasteiger partial charge < -0.3 is 15.7 Å². The summed E-state index contributed by atoms with van der Waals surface area (Å²) in [5.41, 5.74) is 0.610. The molecule has 1 atom stereocenters. The SMILES string of the molecule is CC[C@H](CCO)NC(=O)Nc1cccc(Cl)c1Br. The molecule has 0 spiro atoms. The molecule has 0 aromatic heterocycles. The predicted octanol–water partition coefficient (Wildman–Crippen LogP) is 3.39. The van der Waals surface area contributed by atoms with Crippen LogP contribution in [0.5, 0.6) is 0 Å². The van der Waals surface area contributed by atoms with Crippen molar-refractivity contribution in [1.82, 2.24) is 5.32 Å². The van der Waals surface area contributed by atoms with Crippen molar-refractivity contribution in [2.24, 2.45) is 0 Å². The van der Waals surface area contributed by atoms with Crippen LogP contribution < -0.4 is 10.6 Å². The number of halogens is 2. The number of carbonyl (C=O) groups is 1. The van der Waals surface area contributed by atoms with Gasteiger partial charge in [0.2, 0.25) is 0 Å². The van der Waals surface area contributed by atoms with Crippen LogP contribution >= 0.6 is 27.5 Å².